The van der Waals surface area contributed by atoms with Gasteiger partial charge < -0.3 is 14.2 Å². The number of esters is 3. The second-order valence-corrected chi connectivity index (χ2v) is 18.1. The molecule has 0 spiro atoms. The Kier molecular flexibility index (Phi) is 51.9. The summed E-state index contributed by atoms with van der Waals surface area (Å²) in [6.07, 6.45) is 72.4. The van der Waals surface area contributed by atoms with E-state index in [0.717, 1.165) is 135 Å². The Hall–Kier alpha value is -3.67. The van der Waals surface area contributed by atoms with Gasteiger partial charge in [-0.15, -0.1) is 0 Å². The summed E-state index contributed by atoms with van der Waals surface area (Å²) in [5, 5.41) is 0. The lowest BCUT2D eigenvalue weighted by Crippen LogP contribution is -2.30. The summed E-state index contributed by atoms with van der Waals surface area (Å²) in [5.74, 6) is -0.959. The largest absolute Gasteiger partial charge is 0.462 e. The van der Waals surface area contributed by atoms with Crippen molar-refractivity contribution >= 4 is 17.9 Å². The minimum Gasteiger partial charge on any atom is -0.462 e. The summed E-state index contributed by atoms with van der Waals surface area (Å²) in [6.45, 7) is 6.51. The van der Waals surface area contributed by atoms with Crippen molar-refractivity contribution in [2.24, 2.45) is 0 Å². The minimum atomic E-state index is -0.806. The molecule has 0 radical (unpaired) electrons. The minimum absolute atomic E-state index is 0.102. The topological polar surface area (TPSA) is 78.9 Å². The van der Waals surface area contributed by atoms with Crippen LogP contribution in [0.2, 0.25) is 0 Å². The summed E-state index contributed by atoms with van der Waals surface area (Å²) in [7, 11) is 0. The highest BCUT2D eigenvalue weighted by molar-refractivity contribution is 5.71. The number of ether oxygens (including phenoxy) is 3. The van der Waals surface area contributed by atoms with E-state index in [4.69, 9.17) is 14.2 Å². The highest BCUT2D eigenvalue weighted by Crippen LogP contribution is 2.13. The fourth-order valence-electron chi connectivity index (χ4n) is 7.31. The molecule has 0 aliphatic rings. The third-order valence-corrected chi connectivity index (χ3v) is 11.5. The van der Waals surface area contributed by atoms with E-state index in [1.54, 1.807) is 0 Å². The summed E-state index contributed by atoms with van der Waals surface area (Å²) in [5.41, 5.74) is 0. The zero-order valence-corrected chi connectivity index (χ0v) is 43.6. The van der Waals surface area contributed by atoms with Crippen molar-refractivity contribution in [3.05, 3.63) is 97.2 Å². The molecule has 1 atom stereocenters. The highest BCUT2D eigenvalue weighted by Gasteiger charge is 2.19. The molecule has 0 fully saturated rings. The third-order valence-electron chi connectivity index (χ3n) is 11.5. The van der Waals surface area contributed by atoms with Gasteiger partial charge in [-0.1, -0.05) is 201 Å². The number of hydrogen-bond acceptors (Lipinski definition) is 6. The Bertz CT molecular complexity index is 1350. The number of allylic oxidation sites excluding steroid dienone is 16. The molecule has 0 aliphatic heterocycles. The molecule has 0 unspecified atom stereocenters. The number of hydrogen-bond donors (Lipinski definition) is 0. The van der Waals surface area contributed by atoms with E-state index in [1.807, 2.05) is 0 Å². The Morgan fingerprint density at radius 3 is 0.836 bits per heavy atom. The van der Waals surface area contributed by atoms with Gasteiger partial charge in [0.2, 0.25) is 0 Å². The summed E-state index contributed by atoms with van der Waals surface area (Å²) < 4.78 is 16.8. The van der Waals surface area contributed by atoms with Crippen LogP contribution in [0.25, 0.3) is 0 Å². The zero-order valence-electron chi connectivity index (χ0n) is 43.6. The monoisotopic (exact) mass is 931 g/mol. The van der Waals surface area contributed by atoms with Gasteiger partial charge in [0, 0.05) is 19.3 Å². The summed E-state index contributed by atoms with van der Waals surface area (Å²) in [6, 6.07) is 0. The molecule has 382 valence electrons. The molecule has 0 aliphatic carbocycles. The van der Waals surface area contributed by atoms with Gasteiger partial charge in [0.1, 0.15) is 13.2 Å². The van der Waals surface area contributed by atoms with Crippen LogP contribution in [0.3, 0.4) is 0 Å². The first-order chi connectivity index (χ1) is 33.0. The average Bonchev–Trinajstić information content (AvgIpc) is 3.33. The van der Waals surface area contributed by atoms with Crippen LogP contribution in [0.5, 0.6) is 0 Å². The zero-order chi connectivity index (χ0) is 48.6. The SMILES string of the molecule is CCCCC/C=C/C/C=C/C/C=C/CCCCCCC(=O)OC[C@@H](COC(=O)CCCCCCC/C=C/C/C=C/CCCCC)OC(=O)CCCCCC/C=C/C/C=C/C/C=C/CCCCC. The maximum atomic E-state index is 12.8. The maximum Gasteiger partial charge on any atom is 0.306 e. The number of carbonyl (C=O) groups excluding carboxylic acids is 3. The van der Waals surface area contributed by atoms with Crippen LogP contribution in [0, 0.1) is 0 Å². The van der Waals surface area contributed by atoms with Crippen molar-refractivity contribution in [3.63, 3.8) is 0 Å². The fraction of sp³-hybridized carbons (Fsp3) is 0.689. The van der Waals surface area contributed by atoms with Gasteiger partial charge in [-0.25, -0.2) is 0 Å². The number of unbranched alkanes of at least 4 members (excludes halogenated alkanes) is 22. The molecular weight excluding hydrogens is 829 g/mol. The molecule has 6 heteroatoms. The van der Waals surface area contributed by atoms with Gasteiger partial charge in [0.05, 0.1) is 0 Å². The van der Waals surface area contributed by atoms with E-state index < -0.39 is 6.10 Å². The Morgan fingerprint density at radius 1 is 0.299 bits per heavy atom. The molecule has 67 heavy (non-hydrogen) atoms. The molecule has 0 aromatic carbocycles. The highest BCUT2D eigenvalue weighted by atomic mass is 16.6. The van der Waals surface area contributed by atoms with Crippen LogP contribution in [0.15, 0.2) is 97.2 Å². The summed E-state index contributed by atoms with van der Waals surface area (Å²) >= 11 is 0. The van der Waals surface area contributed by atoms with Gasteiger partial charge in [0.15, 0.2) is 6.10 Å². The van der Waals surface area contributed by atoms with E-state index in [1.165, 1.54) is 77.0 Å². The molecule has 0 saturated carbocycles. The molecular formula is C61H102O6. The molecule has 0 aromatic heterocycles. The normalized spacial score (nSPS) is 12.8. The van der Waals surface area contributed by atoms with Crippen molar-refractivity contribution in [1.82, 2.24) is 0 Å². The molecule has 6 nitrogen and oxygen atoms in total. The lowest BCUT2D eigenvalue weighted by molar-refractivity contribution is -0.167. The number of carbonyl (C=O) groups is 3. The first-order valence-electron chi connectivity index (χ1n) is 27.7. The van der Waals surface area contributed by atoms with Gasteiger partial charge in [0.25, 0.3) is 0 Å². The molecule has 0 N–H and O–H groups in total. The number of rotatable bonds is 49. The van der Waals surface area contributed by atoms with Crippen LogP contribution < -0.4 is 0 Å². The second-order valence-electron chi connectivity index (χ2n) is 18.1. The first kappa shape index (κ1) is 63.3. The average molecular weight is 931 g/mol. The van der Waals surface area contributed by atoms with Gasteiger partial charge in [-0.2, -0.15) is 0 Å². The van der Waals surface area contributed by atoms with Crippen molar-refractivity contribution in [3.8, 4) is 0 Å². The summed E-state index contributed by atoms with van der Waals surface area (Å²) in [4.78, 5) is 38.1. The van der Waals surface area contributed by atoms with Crippen molar-refractivity contribution < 1.29 is 28.6 Å². The molecule has 0 bridgehead atoms. The fourth-order valence-corrected chi connectivity index (χ4v) is 7.31. The van der Waals surface area contributed by atoms with E-state index in [2.05, 4.69) is 118 Å². The van der Waals surface area contributed by atoms with E-state index >= 15 is 0 Å². The van der Waals surface area contributed by atoms with Crippen molar-refractivity contribution in [2.45, 2.75) is 258 Å². The molecule has 0 aromatic rings. The Balaban J connectivity index is 4.51. The van der Waals surface area contributed by atoms with Crippen LogP contribution in [-0.4, -0.2) is 37.2 Å². The van der Waals surface area contributed by atoms with Crippen LogP contribution in [-0.2, 0) is 28.6 Å². The van der Waals surface area contributed by atoms with Gasteiger partial charge >= 0.3 is 17.9 Å². The predicted molar refractivity (Wildman–Crippen MR) is 288 cm³/mol. The van der Waals surface area contributed by atoms with Crippen molar-refractivity contribution in [2.75, 3.05) is 13.2 Å². The molecule has 0 saturated heterocycles. The van der Waals surface area contributed by atoms with E-state index in [9.17, 15) is 14.4 Å². The van der Waals surface area contributed by atoms with Gasteiger partial charge in [-0.3, -0.25) is 14.4 Å². The standard InChI is InChI=1S/C61H102O6/c1-4-7-10-13-16-19-22-25-28-30-33-36-39-42-45-48-51-54-60(63)66-57-58(56-65-59(62)53-50-47-44-41-38-35-32-27-24-21-18-15-12-9-6-3)67-61(64)55-52-49-46-43-40-37-34-31-29-26-23-20-17-14-11-8-5-2/h16-21,25-29,32-34,36-37,58H,4-15,22-24,30-31,35,38-57H2,1-3H3/b19-16+,20-17+,21-18+,28-25+,29-26+,32-27+,36-33+,37-34+/t58-/m1/s1. The Morgan fingerprint density at radius 2 is 0.537 bits per heavy atom. The molecule has 0 heterocycles. The first-order valence-corrected chi connectivity index (χ1v) is 27.7. The second kappa shape index (κ2) is 54.9. The van der Waals surface area contributed by atoms with Gasteiger partial charge in [-0.05, 0) is 128 Å². The van der Waals surface area contributed by atoms with E-state index in [-0.39, 0.29) is 31.1 Å². The third kappa shape index (κ3) is 53.2. The maximum absolute atomic E-state index is 12.8. The molecule has 0 amide bonds. The van der Waals surface area contributed by atoms with Crippen LogP contribution >= 0.6 is 0 Å². The predicted octanol–water partition coefficient (Wildman–Crippen LogP) is 18.5. The molecule has 0 rings (SSSR count). The van der Waals surface area contributed by atoms with Crippen LogP contribution in [0.1, 0.15) is 252 Å². The van der Waals surface area contributed by atoms with Crippen molar-refractivity contribution in [1.29, 1.82) is 0 Å². The lowest BCUT2D eigenvalue weighted by Gasteiger charge is -2.18. The smallest absolute Gasteiger partial charge is 0.306 e. The van der Waals surface area contributed by atoms with Crippen LogP contribution in [0.4, 0.5) is 0 Å². The lowest BCUT2D eigenvalue weighted by atomic mass is 10.1. The quantitative estimate of drug-likeness (QED) is 0.0262. The van der Waals surface area contributed by atoms with E-state index in [0.29, 0.717) is 19.3 Å². The Labute approximate surface area is 413 Å².